The molecule has 2 aromatic heterocycles. The van der Waals surface area contributed by atoms with Crippen LogP contribution in [0.4, 0.5) is 5.82 Å². The molecule has 0 atom stereocenters. The number of nitrogens with zero attached hydrogens (tertiary/aromatic N) is 4. The Bertz CT molecular complexity index is 552. The van der Waals surface area contributed by atoms with E-state index in [2.05, 4.69) is 16.0 Å². The van der Waals surface area contributed by atoms with Gasteiger partial charge in [-0.2, -0.15) is 5.26 Å². The van der Waals surface area contributed by atoms with Crippen LogP contribution in [0.15, 0.2) is 36.7 Å². The second kappa shape index (κ2) is 4.62. The highest BCUT2D eigenvalue weighted by atomic mass is 15.1. The molecule has 0 radical (unpaired) electrons. The third-order valence-corrected chi connectivity index (χ3v) is 2.41. The molecule has 17 heavy (non-hydrogen) atoms. The molecule has 2 heterocycles. The number of hydrogen-bond acceptors (Lipinski definition) is 4. The summed E-state index contributed by atoms with van der Waals surface area (Å²) in [5.41, 5.74) is 2.09. The molecule has 0 aliphatic rings. The van der Waals surface area contributed by atoms with Gasteiger partial charge in [0.05, 0.1) is 11.3 Å². The Morgan fingerprint density at radius 2 is 2.00 bits per heavy atom. The summed E-state index contributed by atoms with van der Waals surface area (Å²) in [5.74, 6) is 0.878. The molecule has 4 heteroatoms. The van der Waals surface area contributed by atoms with Crippen LogP contribution in [-0.2, 0) is 0 Å². The molecule has 0 aliphatic carbocycles. The van der Waals surface area contributed by atoms with Crippen molar-refractivity contribution in [2.45, 2.75) is 0 Å². The van der Waals surface area contributed by atoms with Gasteiger partial charge in [-0.3, -0.25) is 4.98 Å². The van der Waals surface area contributed by atoms with E-state index in [0.29, 0.717) is 11.3 Å². The summed E-state index contributed by atoms with van der Waals surface area (Å²) in [6.07, 6.45) is 3.41. The van der Waals surface area contributed by atoms with E-state index >= 15 is 0 Å². The first-order valence-corrected chi connectivity index (χ1v) is 5.21. The Balaban J connectivity index is 2.44. The highest BCUT2D eigenvalue weighted by molar-refractivity contribution is 5.66. The standard InChI is InChI=1S/C13H12N4/c1-17(2)12-6-5-11(9-16-12)13-10(8-14)4-3-7-15-13/h3-7,9H,1-2H3. The molecule has 2 rings (SSSR count). The largest absolute Gasteiger partial charge is 0.363 e. The fourth-order valence-corrected chi connectivity index (χ4v) is 1.52. The molecule has 0 fully saturated rings. The van der Waals surface area contributed by atoms with Crippen LogP contribution in [0.1, 0.15) is 5.56 Å². The molecule has 0 aliphatic heterocycles. The minimum absolute atomic E-state index is 0.562. The third-order valence-electron chi connectivity index (χ3n) is 2.41. The summed E-state index contributed by atoms with van der Waals surface area (Å²) < 4.78 is 0. The Morgan fingerprint density at radius 3 is 2.59 bits per heavy atom. The Labute approximate surface area is 100 Å². The molecule has 2 aromatic rings. The number of aromatic nitrogens is 2. The summed E-state index contributed by atoms with van der Waals surface area (Å²) in [5, 5.41) is 9.00. The van der Waals surface area contributed by atoms with Crippen LogP contribution in [0.3, 0.4) is 0 Å². The van der Waals surface area contributed by atoms with E-state index in [1.807, 2.05) is 31.1 Å². The molecule has 4 nitrogen and oxygen atoms in total. The Morgan fingerprint density at radius 1 is 1.18 bits per heavy atom. The maximum atomic E-state index is 9.00. The van der Waals surface area contributed by atoms with Gasteiger partial charge in [-0.1, -0.05) is 0 Å². The van der Waals surface area contributed by atoms with Crippen molar-refractivity contribution >= 4 is 5.82 Å². The smallest absolute Gasteiger partial charge is 0.127 e. The van der Waals surface area contributed by atoms with Crippen LogP contribution in [0.2, 0.25) is 0 Å². The van der Waals surface area contributed by atoms with Gasteiger partial charge in [0.25, 0.3) is 0 Å². The first-order chi connectivity index (χ1) is 8.22. The van der Waals surface area contributed by atoms with Crippen molar-refractivity contribution in [1.29, 1.82) is 5.26 Å². The van der Waals surface area contributed by atoms with Gasteiger partial charge < -0.3 is 4.90 Å². The zero-order valence-corrected chi connectivity index (χ0v) is 9.75. The first-order valence-electron chi connectivity index (χ1n) is 5.21. The average molecular weight is 224 g/mol. The monoisotopic (exact) mass is 224 g/mol. The quantitative estimate of drug-likeness (QED) is 0.783. The lowest BCUT2D eigenvalue weighted by molar-refractivity contribution is 1.07. The van der Waals surface area contributed by atoms with Gasteiger partial charge in [-0.05, 0) is 24.3 Å². The molecule has 0 spiro atoms. The Hall–Kier alpha value is -2.41. The van der Waals surface area contributed by atoms with Crippen LogP contribution in [0.5, 0.6) is 0 Å². The molecule has 0 bridgehead atoms. The van der Waals surface area contributed by atoms with Crippen LogP contribution in [0, 0.1) is 11.3 Å². The number of hydrogen-bond donors (Lipinski definition) is 0. The van der Waals surface area contributed by atoms with Crippen LogP contribution < -0.4 is 4.90 Å². The average Bonchev–Trinajstić information content (AvgIpc) is 2.39. The number of rotatable bonds is 2. The normalized spacial score (nSPS) is 9.71. The molecule has 0 amide bonds. The molecular weight excluding hydrogens is 212 g/mol. The van der Waals surface area contributed by atoms with Crippen LogP contribution in [-0.4, -0.2) is 24.1 Å². The van der Waals surface area contributed by atoms with Crippen LogP contribution >= 0.6 is 0 Å². The summed E-state index contributed by atoms with van der Waals surface area (Å²) in [7, 11) is 3.87. The summed E-state index contributed by atoms with van der Waals surface area (Å²) >= 11 is 0. The van der Waals surface area contributed by atoms with Gasteiger partial charge in [0, 0.05) is 32.1 Å². The van der Waals surface area contributed by atoms with E-state index < -0.39 is 0 Å². The van der Waals surface area contributed by atoms with Gasteiger partial charge in [0.1, 0.15) is 11.9 Å². The lowest BCUT2D eigenvalue weighted by Crippen LogP contribution is -2.10. The van der Waals surface area contributed by atoms with Crippen molar-refractivity contribution < 1.29 is 0 Å². The molecular formula is C13H12N4. The van der Waals surface area contributed by atoms with E-state index in [-0.39, 0.29) is 0 Å². The molecule has 84 valence electrons. The number of nitriles is 1. The summed E-state index contributed by atoms with van der Waals surface area (Å²) in [6.45, 7) is 0. The van der Waals surface area contributed by atoms with E-state index in [0.717, 1.165) is 11.4 Å². The minimum Gasteiger partial charge on any atom is -0.363 e. The van der Waals surface area contributed by atoms with Gasteiger partial charge in [0.15, 0.2) is 0 Å². The summed E-state index contributed by atoms with van der Waals surface area (Å²) in [4.78, 5) is 10.4. The molecule has 0 aromatic carbocycles. The van der Waals surface area contributed by atoms with Crippen molar-refractivity contribution in [3.63, 3.8) is 0 Å². The SMILES string of the molecule is CN(C)c1ccc(-c2ncccc2C#N)cn1. The van der Waals surface area contributed by atoms with Crippen molar-refractivity contribution in [2.75, 3.05) is 19.0 Å². The predicted octanol–water partition coefficient (Wildman–Crippen LogP) is 2.08. The van der Waals surface area contributed by atoms with E-state index in [1.165, 1.54) is 0 Å². The fraction of sp³-hybridized carbons (Fsp3) is 0.154. The van der Waals surface area contributed by atoms with Crippen LogP contribution in [0.25, 0.3) is 11.3 Å². The maximum Gasteiger partial charge on any atom is 0.127 e. The Kier molecular flexibility index (Phi) is 3.01. The molecule has 0 saturated heterocycles. The molecule has 0 unspecified atom stereocenters. The second-order valence-corrected chi connectivity index (χ2v) is 3.81. The van der Waals surface area contributed by atoms with Crippen molar-refractivity contribution in [2.24, 2.45) is 0 Å². The van der Waals surface area contributed by atoms with Crippen molar-refractivity contribution in [3.8, 4) is 17.3 Å². The second-order valence-electron chi connectivity index (χ2n) is 3.81. The van der Waals surface area contributed by atoms with Gasteiger partial charge in [0.2, 0.25) is 0 Å². The molecule has 0 N–H and O–H groups in total. The highest BCUT2D eigenvalue weighted by Crippen LogP contribution is 2.21. The van der Waals surface area contributed by atoms with Crippen molar-refractivity contribution in [3.05, 3.63) is 42.2 Å². The van der Waals surface area contributed by atoms with Gasteiger partial charge in [-0.15, -0.1) is 0 Å². The van der Waals surface area contributed by atoms with Gasteiger partial charge >= 0.3 is 0 Å². The summed E-state index contributed by atoms with van der Waals surface area (Å²) in [6, 6.07) is 9.47. The maximum absolute atomic E-state index is 9.00. The van der Waals surface area contributed by atoms with E-state index in [1.54, 1.807) is 24.5 Å². The molecule has 0 saturated carbocycles. The first kappa shape index (κ1) is 11.1. The third kappa shape index (κ3) is 2.23. The topological polar surface area (TPSA) is 52.8 Å². The van der Waals surface area contributed by atoms with E-state index in [9.17, 15) is 0 Å². The number of anilines is 1. The van der Waals surface area contributed by atoms with Crippen molar-refractivity contribution in [1.82, 2.24) is 9.97 Å². The highest BCUT2D eigenvalue weighted by Gasteiger charge is 2.06. The number of pyridine rings is 2. The van der Waals surface area contributed by atoms with Gasteiger partial charge in [-0.25, -0.2) is 4.98 Å². The predicted molar refractivity (Wildman–Crippen MR) is 66.5 cm³/mol. The zero-order chi connectivity index (χ0) is 12.3. The lowest BCUT2D eigenvalue weighted by Gasteiger charge is -2.11. The lowest BCUT2D eigenvalue weighted by atomic mass is 10.1. The zero-order valence-electron chi connectivity index (χ0n) is 9.75. The van der Waals surface area contributed by atoms with E-state index in [4.69, 9.17) is 5.26 Å². The minimum atomic E-state index is 0.562. The fourth-order valence-electron chi connectivity index (χ4n) is 1.52.